The van der Waals surface area contributed by atoms with Crippen molar-refractivity contribution >= 4 is 34.3 Å². The molecule has 4 aromatic rings. The Labute approximate surface area is 328 Å². The number of ether oxygens (including phenoxy) is 2. The van der Waals surface area contributed by atoms with Crippen molar-refractivity contribution < 1.29 is 19.1 Å². The lowest BCUT2D eigenvalue weighted by Crippen LogP contribution is -2.52. The minimum absolute atomic E-state index is 0.0110. The van der Waals surface area contributed by atoms with E-state index in [1.54, 1.807) is 0 Å². The Morgan fingerprint density at radius 2 is 1.09 bits per heavy atom. The van der Waals surface area contributed by atoms with Crippen molar-refractivity contribution in [1.82, 2.24) is 38.7 Å². The van der Waals surface area contributed by atoms with E-state index >= 15 is 0 Å². The number of fused-ring (bicyclic) bond motifs is 2. The highest BCUT2D eigenvalue weighted by Crippen LogP contribution is 2.36. The summed E-state index contributed by atoms with van der Waals surface area (Å²) in [7, 11) is 0. The van der Waals surface area contributed by atoms with Gasteiger partial charge in [0.2, 0.25) is 0 Å². The van der Waals surface area contributed by atoms with Crippen molar-refractivity contribution in [3.8, 4) is 0 Å². The van der Waals surface area contributed by atoms with Crippen LogP contribution in [0.1, 0.15) is 92.2 Å². The van der Waals surface area contributed by atoms with Crippen LogP contribution in [0.5, 0.6) is 0 Å². The summed E-state index contributed by atoms with van der Waals surface area (Å²) in [6, 6.07) is 16.2. The molecule has 2 amide bonds. The molecule has 0 aliphatic carbocycles. The van der Waals surface area contributed by atoms with Crippen molar-refractivity contribution in [1.29, 1.82) is 0 Å². The van der Waals surface area contributed by atoms with E-state index in [2.05, 4.69) is 33.6 Å². The summed E-state index contributed by atoms with van der Waals surface area (Å²) in [4.78, 5) is 64.0. The Morgan fingerprint density at radius 1 is 0.679 bits per heavy atom. The number of hydrogen-bond donors (Lipinski definition) is 2. The van der Waals surface area contributed by atoms with Gasteiger partial charge in [-0.25, -0.2) is 19.2 Å². The van der Waals surface area contributed by atoms with Gasteiger partial charge >= 0.3 is 23.6 Å². The fourth-order valence-corrected chi connectivity index (χ4v) is 9.46. The first-order valence-corrected chi connectivity index (χ1v) is 20.5. The molecule has 2 unspecified atom stereocenters. The quantitative estimate of drug-likeness (QED) is 0.254. The van der Waals surface area contributed by atoms with Crippen molar-refractivity contribution in [2.45, 2.75) is 109 Å². The van der Waals surface area contributed by atoms with Gasteiger partial charge in [0, 0.05) is 75.5 Å². The summed E-state index contributed by atoms with van der Waals surface area (Å²) in [6.45, 7) is 19.0. The number of nitrogens with zero attached hydrogens (tertiary/aromatic N) is 6. The molecule has 304 valence electrons. The Balaban J connectivity index is 0.000000172. The topological polar surface area (TPSA) is 141 Å². The van der Waals surface area contributed by atoms with E-state index in [4.69, 9.17) is 9.47 Å². The average Bonchev–Trinajstić information content (AvgIpc) is 3.94. The minimum atomic E-state index is -0.471. The molecule has 4 saturated heterocycles. The van der Waals surface area contributed by atoms with Crippen molar-refractivity contribution in [2.24, 2.45) is 0 Å². The van der Waals surface area contributed by atoms with Crippen LogP contribution in [0.2, 0.25) is 0 Å². The normalized spacial score (nSPS) is 24.5. The number of amides is 2. The predicted molar refractivity (Wildman–Crippen MR) is 217 cm³/mol. The number of imidazole rings is 2. The van der Waals surface area contributed by atoms with Crippen LogP contribution in [0.25, 0.3) is 22.1 Å². The van der Waals surface area contributed by atoms with Gasteiger partial charge in [0.25, 0.3) is 0 Å². The third-order valence-corrected chi connectivity index (χ3v) is 12.5. The maximum Gasteiger partial charge on any atom is 0.410 e. The molecule has 2 aromatic heterocycles. The number of rotatable bonds is 5. The summed E-state index contributed by atoms with van der Waals surface area (Å²) in [6.07, 6.45) is 5.23. The SMILES string of the molecule is CC(C)(C)OC(=O)N1CCC(C)(N2CCC(n3c(=O)[nH]c4ccccc43)CC2)C1.CCOC(=O)N1CCC(C)(N2CCC(n3c(=O)[nH]c4ccccc43)CC2)C1. The molecule has 0 radical (unpaired) electrons. The maximum absolute atomic E-state index is 12.5. The molecule has 0 spiro atoms. The van der Waals surface area contributed by atoms with E-state index < -0.39 is 5.60 Å². The van der Waals surface area contributed by atoms with Crippen LogP contribution in [0, 0.1) is 0 Å². The first-order valence-electron chi connectivity index (χ1n) is 20.5. The Bertz CT molecular complexity index is 2130. The molecular weight excluding hydrogens is 713 g/mol. The predicted octanol–water partition coefficient (Wildman–Crippen LogP) is 5.95. The second kappa shape index (κ2) is 15.8. The van der Waals surface area contributed by atoms with E-state index in [1.165, 1.54) is 0 Å². The molecule has 6 heterocycles. The number of H-pyrrole nitrogens is 2. The zero-order valence-electron chi connectivity index (χ0n) is 34.0. The number of carbonyl (C=O) groups excluding carboxylic acids is 2. The Hall–Kier alpha value is -4.56. The second-order valence-electron chi connectivity index (χ2n) is 17.6. The van der Waals surface area contributed by atoms with E-state index in [9.17, 15) is 19.2 Å². The molecule has 0 saturated carbocycles. The van der Waals surface area contributed by atoms with Gasteiger partial charge in [-0.15, -0.1) is 0 Å². The number of aromatic nitrogens is 4. The summed E-state index contributed by atoms with van der Waals surface area (Å²) >= 11 is 0. The lowest BCUT2D eigenvalue weighted by molar-refractivity contribution is 0.0221. The van der Waals surface area contributed by atoms with Crippen LogP contribution < -0.4 is 11.4 Å². The van der Waals surface area contributed by atoms with Crippen molar-refractivity contribution in [3.05, 3.63) is 69.5 Å². The number of para-hydroxylation sites is 4. The molecule has 2 aromatic carbocycles. The summed E-state index contributed by atoms with van der Waals surface area (Å²) in [5, 5.41) is 0. The van der Waals surface area contributed by atoms with Crippen LogP contribution in [0.3, 0.4) is 0 Å². The highest BCUT2D eigenvalue weighted by atomic mass is 16.6. The number of piperidine rings is 2. The van der Waals surface area contributed by atoms with Gasteiger partial charge < -0.3 is 29.2 Å². The number of likely N-dealkylation sites (tertiary alicyclic amines) is 4. The van der Waals surface area contributed by atoms with E-state index in [0.29, 0.717) is 19.7 Å². The Kier molecular flexibility index (Phi) is 11.2. The van der Waals surface area contributed by atoms with Gasteiger partial charge in [-0.1, -0.05) is 24.3 Å². The smallest absolute Gasteiger partial charge is 0.410 e. The third-order valence-electron chi connectivity index (χ3n) is 12.5. The first-order chi connectivity index (χ1) is 26.7. The van der Waals surface area contributed by atoms with Crippen molar-refractivity contribution in [2.75, 3.05) is 59.0 Å². The van der Waals surface area contributed by atoms with E-state index in [-0.39, 0.29) is 46.7 Å². The number of aromatic amines is 2. The van der Waals surface area contributed by atoms with Gasteiger partial charge in [-0.3, -0.25) is 18.9 Å². The minimum Gasteiger partial charge on any atom is -0.450 e. The number of nitrogens with one attached hydrogen (secondary N) is 2. The number of benzene rings is 2. The van der Waals surface area contributed by atoms with Crippen LogP contribution in [-0.4, -0.2) is 127 Å². The molecule has 2 atom stereocenters. The van der Waals surface area contributed by atoms with E-state index in [1.807, 2.05) is 95.2 Å². The zero-order valence-corrected chi connectivity index (χ0v) is 34.0. The van der Waals surface area contributed by atoms with Crippen LogP contribution >= 0.6 is 0 Å². The van der Waals surface area contributed by atoms with Gasteiger partial charge in [0.15, 0.2) is 0 Å². The second-order valence-corrected chi connectivity index (χ2v) is 17.6. The molecule has 8 rings (SSSR count). The third kappa shape index (κ3) is 8.13. The highest BCUT2D eigenvalue weighted by Gasteiger charge is 2.44. The molecule has 14 heteroatoms. The molecule has 56 heavy (non-hydrogen) atoms. The molecule has 14 nitrogen and oxygen atoms in total. The monoisotopic (exact) mass is 772 g/mol. The van der Waals surface area contributed by atoms with Crippen LogP contribution in [0.15, 0.2) is 58.1 Å². The van der Waals surface area contributed by atoms with Crippen LogP contribution in [-0.2, 0) is 9.47 Å². The lowest BCUT2D eigenvalue weighted by atomic mass is 9.94. The standard InChI is InChI=1S/C22H32N4O3.C20H28N4O3/c1-21(2,3)29-20(28)24-14-11-22(4,15-24)25-12-9-16(10-13-25)26-18-8-6-5-7-17(18)23-19(26)27;1-3-27-19(26)22-13-10-20(2,14-22)23-11-8-15(9-12-23)24-17-7-5-4-6-16(17)21-18(24)25/h5-8,16H,9-15H2,1-4H3,(H,23,27);4-7,15H,3,8-14H2,1-2H3,(H,21,25). The molecule has 4 aliphatic rings. The Morgan fingerprint density at radius 3 is 1.50 bits per heavy atom. The first kappa shape index (κ1) is 39.7. The lowest BCUT2D eigenvalue weighted by Gasteiger charge is -2.43. The fraction of sp³-hybridized carbons (Fsp3) is 0.619. The molecule has 4 aliphatic heterocycles. The summed E-state index contributed by atoms with van der Waals surface area (Å²) in [5.41, 5.74) is 3.22. The molecular formula is C42H60N8O6. The molecule has 0 bridgehead atoms. The molecule has 4 fully saturated rings. The maximum atomic E-state index is 12.5. The zero-order chi connectivity index (χ0) is 39.8. The largest absolute Gasteiger partial charge is 0.450 e. The number of hydrogen-bond acceptors (Lipinski definition) is 8. The molecule has 2 N–H and O–H groups in total. The number of carbonyl (C=O) groups is 2. The highest BCUT2D eigenvalue weighted by molar-refractivity contribution is 5.76. The van der Waals surface area contributed by atoms with Crippen molar-refractivity contribution in [3.63, 3.8) is 0 Å². The average molecular weight is 773 g/mol. The van der Waals surface area contributed by atoms with Gasteiger partial charge in [0.05, 0.1) is 28.7 Å². The van der Waals surface area contributed by atoms with E-state index in [0.717, 1.165) is 99.9 Å². The fourth-order valence-electron chi connectivity index (χ4n) is 9.46. The summed E-state index contributed by atoms with van der Waals surface area (Å²) in [5.74, 6) is 0. The van der Waals surface area contributed by atoms with Gasteiger partial charge in [-0.05, 0) is 104 Å². The van der Waals surface area contributed by atoms with Crippen LogP contribution in [0.4, 0.5) is 9.59 Å². The van der Waals surface area contributed by atoms with Gasteiger partial charge in [-0.2, -0.15) is 0 Å². The van der Waals surface area contributed by atoms with Gasteiger partial charge in [0.1, 0.15) is 5.60 Å². The summed E-state index contributed by atoms with van der Waals surface area (Å²) < 4.78 is 14.6.